The van der Waals surface area contributed by atoms with Crippen molar-refractivity contribution in [2.45, 2.75) is 25.4 Å². The van der Waals surface area contributed by atoms with Crippen molar-refractivity contribution in [3.05, 3.63) is 12.7 Å². The molecule has 0 rings (SSSR count). The van der Waals surface area contributed by atoms with Crippen molar-refractivity contribution in [2.24, 2.45) is 0 Å². The normalized spacial score (nSPS) is 16.2. The molecule has 0 aromatic heterocycles. The van der Waals surface area contributed by atoms with Gasteiger partial charge >= 0.3 is 0 Å². The summed E-state index contributed by atoms with van der Waals surface area (Å²) < 4.78 is 0. The van der Waals surface area contributed by atoms with E-state index in [1.54, 1.807) is 6.92 Å². The first kappa shape index (κ1) is 8.37. The summed E-state index contributed by atoms with van der Waals surface area (Å²) in [6, 6.07) is 0. The van der Waals surface area contributed by atoms with Crippen molar-refractivity contribution in [1.29, 1.82) is 0 Å². The molecule has 0 aliphatic rings. The lowest BCUT2D eigenvalue weighted by molar-refractivity contribution is -0.108. The monoisotopic (exact) mass is 128 g/mol. The number of rotatable bonds is 4. The van der Waals surface area contributed by atoms with Crippen LogP contribution in [0.3, 0.4) is 0 Å². The first-order valence-electron chi connectivity index (χ1n) is 2.92. The predicted molar refractivity (Wildman–Crippen MR) is 36.1 cm³/mol. The molecule has 0 spiro atoms. The van der Waals surface area contributed by atoms with Crippen LogP contribution in [0.4, 0.5) is 0 Å². The Bertz CT molecular complexity index is 105. The second-order valence-corrected chi connectivity index (χ2v) is 2.27. The van der Waals surface area contributed by atoms with Crippen molar-refractivity contribution < 1.29 is 9.90 Å². The van der Waals surface area contributed by atoms with Crippen LogP contribution in [0.1, 0.15) is 19.8 Å². The summed E-state index contributed by atoms with van der Waals surface area (Å²) in [6.45, 7) is 5.05. The topological polar surface area (TPSA) is 37.3 Å². The molecule has 0 unspecified atom stereocenters. The zero-order valence-electron chi connectivity index (χ0n) is 5.63. The summed E-state index contributed by atoms with van der Waals surface area (Å²) in [5.41, 5.74) is -0.874. The smallest absolute Gasteiger partial charge is 0.120 e. The molecule has 52 valence electrons. The van der Waals surface area contributed by atoms with Gasteiger partial charge in [0.05, 0.1) is 5.60 Å². The van der Waals surface area contributed by atoms with Crippen LogP contribution in [-0.2, 0) is 4.79 Å². The molecular weight excluding hydrogens is 116 g/mol. The van der Waals surface area contributed by atoms with E-state index < -0.39 is 5.60 Å². The maximum atomic E-state index is 9.82. The SMILES string of the molecule is C=C[C@](C)(O)CCC=O. The lowest BCUT2D eigenvalue weighted by Crippen LogP contribution is -2.19. The van der Waals surface area contributed by atoms with Crippen LogP contribution in [0.15, 0.2) is 12.7 Å². The highest BCUT2D eigenvalue weighted by Gasteiger charge is 2.13. The van der Waals surface area contributed by atoms with E-state index >= 15 is 0 Å². The Balaban J connectivity index is 3.57. The fourth-order valence-corrected chi connectivity index (χ4v) is 0.453. The van der Waals surface area contributed by atoms with E-state index in [2.05, 4.69) is 6.58 Å². The number of aldehydes is 1. The van der Waals surface area contributed by atoms with Gasteiger partial charge in [-0.1, -0.05) is 6.08 Å². The van der Waals surface area contributed by atoms with Gasteiger partial charge in [-0.05, 0) is 13.3 Å². The fraction of sp³-hybridized carbons (Fsp3) is 0.571. The zero-order valence-corrected chi connectivity index (χ0v) is 5.63. The van der Waals surface area contributed by atoms with Crippen LogP contribution in [0.5, 0.6) is 0 Å². The molecule has 0 amide bonds. The van der Waals surface area contributed by atoms with Crippen LogP contribution >= 0.6 is 0 Å². The van der Waals surface area contributed by atoms with Crippen molar-refractivity contribution in [1.82, 2.24) is 0 Å². The van der Waals surface area contributed by atoms with Crippen LogP contribution in [-0.4, -0.2) is 17.0 Å². The molecule has 9 heavy (non-hydrogen) atoms. The van der Waals surface area contributed by atoms with Crippen molar-refractivity contribution >= 4 is 6.29 Å². The lowest BCUT2D eigenvalue weighted by Gasteiger charge is -2.15. The zero-order chi connectivity index (χ0) is 7.33. The maximum absolute atomic E-state index is 9.82. The Morgan fingerprint density at radius 2 is 2.33 bits per heavy atom. The highest BCUT2D eigenvalue weighted by atomic mass is 16.3. The molecule has 0 aromatic rings. The highest BCUT2D eigenvalue weighted by molar-refractivity contribution is 5.49. The summed E-state index contributed by atoms with van der Waals surface area (Å²) in [5, 5.41) is 9.18. The second-order valence-electron chi connectivity index (χ2n) is 2.27. The van der Waals surface area contributed by atoms with E-state index in [4.69, 9.17) is 0 Å². The molecule has 0 radical (unpaired) electrons. The quantitative estimate of drug-likeness (QED) is 0.451. The standard InChI is InChI=1S/C7H12O2/c1-3-7(2,9)5-4-6-8/h3,6,9H,1,4-5H2,2H3/t7-/m0/s1. The van der Waals surface area contributed by atoms with Gasteiger partial charge in [0, 0.05) is 6.42 Å². The Kier molecular flexibility index (Phi) is 3.17. The molecule has 1 atom stereocenters. The summed E-state index contributed by atoms with van der Waals surface area (Å²) >= 11 is 0. The third kappa shape index (κ3) is 3.91. The van der Waals surface area contributed by atoms with Crippen molar-refractivity contribution in [2.75, 3.05) is 0 Å². The number of hydrogen-bond acceptors (Lipinski definition) is 2. The van der Waals surface area contributed by atoms with Gasteiger partial charge in [-0.25, -0.2) is 0 Å². The molecule has 0 heterocycles. The van der Waals surface area contributed by atoms with Crippen LogP contribution in [0, 0.1) is 0 Å². The molecule has 2 nitrogen and oxygen atoms in total. The molecule has 0 aromatic carbocycles. The third-order valence-electron chi connectivity index (χ3n) is 1.21. The fourth-order valence-electron chi connectivity index (χ4n) is 0.453. The average molecular weight is 128 g/mol. The highest BCUT2D eigenvalue weighted by Crippen LogP contribution is 2.10. The summed E-state index contributed by atoms with van der Waals surface area (Å²) in [6.07, 6.45) is 3.08. The minimum absolute atomic E-state index is 0.388. The Morgan fingerprint density at radius 3 is 2.67 bits per heavy atom. The van der Waals surface area contributed by atoms with Gasteiger partial charge in [0.25, 0.3) is 0 Å². The van der Waals surface area contributed by atoms with Crippen LogP contribution in [0.25, 0.3) is 0 Å². The molecular formula is C7H12O2. The Labute approximate surface area is 55.2 Å². The first-order valence-corrected chi connectivity index (χ1v) is 2.92. The van der Waals surface area contributed by atoms with Crippen molar-refractivity contribution in [3.63, 3.8) is 0 Å². The van der Waals surface area contributed by atoms with Crippen LogP contribution < -0.4 is 0 Å². The van der Waals surface area contributed by atoms with E-state index in [-0.39, 0.29) is 0 Å². The van der Waals surface area contributed by atoms with E-state index in [0.29, 0.717) is 12.8 Å². The largest absolute Gasteiger partial charge is 0.386 e. The summed E-state index contributed by atoms with van der Waals surface area (Å²) in [7, 11) is 0. The summed E-state index contributed by atoms with van der Waals surface area (Å²) in [4.78, 5) is 9.82. The number of aliphatic hydroxyl groups is 1. The lowest BCUT2D eigenvalue weighted by atomic mass is 10.0. The van der Waals surface area contributed by atoms with E-state index in [1.165, 1.54) is 6.08 Å². The predicted octanol–water partition coefficient (Wildman–Crippen LogP) is 0.902. The minimum atomic E-state index is -0.874. The summed E-state index contributed by atoms with van der Waals surface area (Å²) in [5.74, 6) is 0. The molecule has 0 bridgehead atoms. The van der Waals surface area contributed by atoms with Gasteiger partial charge in [-0.15, -0.1) is 6.58 Å². The van der Waals surface area contributed by atoms with E-state index in [9.17, 15) is 9.90 Å². The second kappa shape index (κ2) is 3.41. The molecule has 0 saturated carbocycles. The maximum Gasteiger partial charge on any atom is 0.120 e. The van der Waals surface area contributed by atoms with Crippen LogP contribution in [0.2, 0.25) is 0 Å². The molecule has 0 fully saturated rings. The number of hydrogen-bond donors (Lipinski definition) is 1. The Morgan fingerprint density at radius 1 is 1.78 bits per heavy atom. The van der Waals surface area contributed by atoms with E-state index in [1.807, 2.05) is 0 Å². The van der Waals surface area contributed by atoms with Crippen molar-refractivity contribution in [3.8, 4) is 0 Å². The molecule has 0 saturated heterocycles. The number of carbonyl (C=O) groups is 1. The van der Waals surface area contributed by atoms with Gasteiger partial charge in [0.2, 0.25) is 0 Å². The molecule has 0 aliphatic carbocycles. The number of carbonyl (C=O) groups excluding carboxylic acids is 1. The Hall–Kier alpha value is -0.630. The van der Waals surface area contributed by atoms with Gasteiger partial charge < -0.3 is 9.90 Å². The van der Waals surface area contributed by atoms with E-state index in [0.717, 1.165) is 6.29 Å². The molecule has 1 N–H and O–H groups in total. The molecule has 0 aliphatic heterocycles. The van der Waals surface area contributed by atoms with Gasteiger partial charge in [0.15, 0.2) is 0 Å². The van der Waals surface area contributed by atoms with Gasteiger partial charge in [0.1, 0.15) is 6.29 Å². The average Bonchev–Trinajstić information content (AvgIpc) is 1.84. The minimum Gasteiger partial charge on any atom is -0.386 e. The van der Waals surface area contributed by atoms with Gasteiger partial charge in [-0.2, -0.15) is 0 Å². The first-order chi connectivity index (χ1) is 4.12. The van der Waals surface area contributed by atoms with Gasteiger partial charge in [-0.3, -0.25) is 0 Å². The molecule has 2 heteroatoms. The third-order valence-corrected chi connectivity index (χ3v) is 1.21.